The van der Waals surface area contributed by atoms with Gasteiger partial charge in [0, 0.05) is 6.04 Å². The number of carbonyl (C=O) groups is 1. The third-order valence-corrected chi connectivity index (χ3v) is 2.25. The molecule has 0 saturated carbocycles. The van der Waals surface area contributed by atoms with Crippen LogP contribution in [0.1, 0.15) is 40.5 Å². The van der Waals surface area contributed by atoms with Crippen molar-refractivity contribution in [2.75, 3.05) is 0 Å². The lowest BCUT2D eigenvalue weighted by Gasteiger charge is -2.24. The van der Waals surface area contributed by atoms with E-state index in [1.54, 1.807) is 0 Å². The number of rotatable bonds is 3. The zero-order valence-corrected chi connectivity index (χ0v) is 10.0. The van der Waals surface area contributed by atoms with Gasteiger partial charge in [0.2, 0.25) is 0 Å². The van der Waals surface area contributed by atoms with Crippen molar-refractivity contribution in [2.45, 2.75) is 58.2 Å². The first kappa shape index (κ1) is 12.2. The molecule has 0 aromatic rings. The largest absolute Gasteiger partial charge is 0.459 e. The normalized spacial score (nSPS) is 19.2. The van der Waals surface area contributed by atoms with Crippen LogP contribution in [0.3, 0.4) is 0 Å². The maximum Gasteiger partial charge on any atom is 0.323 e. The van der Waals surface area contributed by atoms with Crippen molar-refractivity contribution in [3.63, 3.8) is 0 Å². The predicted molar refractivity (Wildman–Crippen MR) is 60.6 cm³/mol. The molecule has 3 nitrogen and oxygen atoms in total. The molecule has 0 bridgehead atoms. The van der Waals surface area contributed by atoms with Crippen LogP contribution in [0, 0.1) is 0 Å². The number of hydrogen-bond acceptors (Lipinski definition) is 3. The Morgan fingerprint density at radius 2 is 1.93 bits per heavy atom. The fraction of sp³-hybridized carbons (Fsp3) is 0.750. The lowest BCUT2D eigenvalue weighted by atomic mass is 10.1. The van der Waals surface area contributed by atoms with E-state index in [2.05, 4.69) is 17.5 Å². The van der Waals surface area contributed by atoms with E-state index in [0.717, 1.165) is 12.8 Å². The minimum Gasteiger partial charge on any atom is -0.459 e. The third kappa shape index (κ3) is 4.47. The fourth-order valence-corrected chi connectivity index (χ4v) is 1.57. The first-order valence-corrected chi connectivity index (χ1v) is 5.52. The molecule has 0 fully saturated rings. The highest BCUT2D eigenvalue weighted by molar-refractivity contribution is 5.75. The van der Waals surface area contributed by atoms with E-state index in [1.165, 1.54) is 0 Å². The first-order valence-electron chi connectivity index (χ1n) is 5.52. The molecule has 0 aliphatic heterocycles. The predicted octanol–water partition coefficient (Wildman–Crippen LogP) is 2.02. The van der Waals surface area contributed by atoms with E-state index in [9.17, 15) is 4.79 Å². The topological polar surface area (TPSA) is 38.3 Å². The highest BCUT2D eigenvalue weighted by Gasteiger charge is 2.23. The van der Waals surface area contributed by atoms with Gasteiger partial charge in [-0.25, -0.2) is 0 Å². The van der Waals surface area contributed by atoms with Crippen molar-refractivity contribution < 1.29 is 9.53 Å². The maximum atomic E-state index is 11.6. The second kappa shape index (κ2) is 4.79. The van der Waals surface area contributed by atoms with Gasteiger partial charge in [0.05, 0.1) is 0 Å². The van der Waals surface area contributed by atoms with Crippen LogP contribution < -0.4 is 5.32 Å². The van der Waals surface area contributed by atoms with Gasteiger partial charge in [-0.15, -0.1) is 0 Å². The van der Waals surface area contributed by atoms with E-state index in [1.807, 2.05) is 27.7 Å². The summed E-state index contributed by atoms with van der Waals surface area (Å²) in [6.45, 7) is 7.50. The molecule has 15 heavy (non-hydrogen) atoms. The minimum atomic E-state index is -0.402. The summed E-state index contributed by atoms with van der Waals surface area (Å²) in [5, 5.41) is 3.26. The van der Waals surface area contributed by atoms with Crippen LogP contribution in [0.15, 0.2) is 12.2 Å². The summed E-state index contributed by atoms with van der Waals surface area (Å²) < 4.78 is 5.29. The van der Waals surface area contributed by atoms with Gasteiger partial charge in [0.1, 0.15) is 11.6 Å². The van der Waals surface area contributed by atoms with Gasteiger partial charge in [-0.2, -0.15) is 0 Å². The van der Waals surface area contributed by atoms with Crippen LogP contribution in [-0.2, 0) is 9.53 Å². The second-order valence-electron chi connectivity index (χ2n) is 5.06. The molecule has 86 valence electrons. The molecule has 0 heterocycles. The van der Waals surface area contributed by atoms with E-state index in [4.69, 9.17) is 4.74 Å². The zero-order valence-electron chi connectivity index (χ0n) is 10.0. The highest BCUT2D eigenvalue weighted by atomic mass is 16.6. The molecule has 3 heteroatoms. The Kier molecular flexibility index (Phi) is 3.91. The zero-order chi connectivity index (χ0) is 11.5. The maximum absolute atomic E-state index is 11.6. The summed E-state index contributed by atoms with van der Waals surface area (Å²) in [7, 11) is 0. The second-order valence-corrected chi connectivity index (χ2v) is 5.06. The molecule has 0 spiro atoms. The molecule has 1 aliphatic carbocycles. The molecule has 1 unspecified atom stereocenters. The quantitative estimate of drug-likeness (QED) is 0.573. The van der Waals surface area contributed by atoms with Crippen LogP contribution in [0.2, 0.25) is 0 Å². The van der Waals surface area contributed by atoms with E-state index >= 15 is 0 Å². The Labute approximate surface area is 91.9 Å². The number of carbonyl (C=O) groups excluding carboxylic acids is 1. The monoisotopic (exact) mass is 211 g/mol. The Morgan fingerprint density at radius 1 is 1.40 bits per heavy atom. The van der Waals surface area contributed by atoms with Crippen molar-refractivity contribution in [1.29, 1.82) is 0 Å². The van der Waals surface area contributed by atoms with Crippen LogP contribution in [-0.4, -0.2) is 23.7 Å². The van der Waals surface area contributed by atoms with Gasteiger partial charge < -0.3 is 10.1 Å². The van der Waals surface area contributed by atoms with Gasteiger partial charge in [-0.1, -0.05) is 12.2 Å². The Balaban J connectivity index is 2.33. The highest BCUT2D eigenvalue weighted by Crippen LogP contribution is 2.12. The van der Waals surface area contributed by atoms with Crippen molar-refractivity contribution in [2.24, 2.45) is 0 Å². The molecule has 1 N–H and O–H groups in total. The number of hydrogen-bond donors (Lipinski definition) is 1. The van der Waals surface area contributed by atoms with Gasteiger partial charge in [0.25, 0.3) is 0 Å². The van der Waals surface area contributed by atoms with Crippen LogP contribution >= 0.6 is 0 Å². The molecule has 0 saturated heterocycles. The van der Waals surface area contributed by atoms with Crippen molar-refractivity contribution in [3.8, 4) is 0 Å². The molecule has 1 atom stereocenters. The van der Waals surface area contributed by atoms with E-state index < -0.39 is 5.60 Å². The Morgan fingerprint density at radius 3 is 2.40 bits per heavy atom. The Hall–Kier alpha value is -0.830. The molecule has 0 aromatic carbocycles. The summed E-state index contributed by atoms with van der Waals surface area (Å²) in [5.41, 5.74) is -0.402. The van der Waals surface area contributed by atoms with Crippen molar-refractivity contribution in [1.82, 2.24) is 5.32 Å². The van der Waals surface area contributed by atoms with Gasteiger partial charge in [-0.05, 0) is 40.5 Å². The Bertz CT molecular complexity index is 245. The molecule has 0 radical (unpaired) electrons. The summed E-state index contributed by atoms with van der Waals surface area (Å²) in [4.78, 5) is 11.6. The summed E-state index contributed by atoms with van der Waals surface area (Å²) in [5.74, 6) is -0.172. The van der Waals surface area contributed by atoms with E-state index in [0.29, 0.717) is 6.04 Å². The number of nitrogens with one attached hydrogen (secondary N) is 1. The average Bonchev–Trinajstić information content (AvgIpc) is 2.53. The lowest BCUT2D eigenvalue weighted by molar-refractivity contribution is -0.157. The smallest absolute Gasteiger partial charge is 0.323 e. The molecular formula is C12H21NO2. The molecule has 0 amide bonds. The van der Waals surface area contributed by atoms with Crippen LogP contribution in [0.4, 0.5) is 0 Å². The van der Waals surface area contributed by atoms with Crippen LogP contribution in [0.25, 0.3) is 0 Å². The van der Waals surface area contributed by atoms with Gasteiger partial charge >= 0.3 is 5.97 Å². The lowest BCUT2D eigenvalue weighted by Crippen LogP contribution is -2.43. The first-order chi connectivity index (χ1) is 6.88. The van der Waals surface area contributed by atoms with Crippen molar-refractivity contribution >= 4 is 5.97 Å². The van der Waals surface area contributed by atoms with Gasteiger partial charge in [0.15, 0.2) is 0 Å². The standard InChI is InChI=1S/C12H21NO2/c1-9(11(14)15-12(2,3)4)13-10-7-5-6-8-10/h5-6,9-10,13H,7-8H2,1-4H3. The summed E-state index contributed by atoms with van der Waals surface area (Å²) in [6.07, 6.45) is 6.29. The molecule has 1 rings (SSSR count). The molecule has 0 aromatic heterocycles. The SMILES string of the molecule is CC(NC1CC=CC1)C(=O)OC(C)(C)C. The molecular weight excluding hydrogens is 190 g/mol. The summed E-state index contributed by atoms with van der Waals surface area (Å²) in [6, 6.07) is 0.168. The number of esters is 1. The summed E-state index contributed by atoms with van der Waals surface area (Å²) >= 11 is 0. The van der Waals surface area contributed by atoms with Crippen molar-refractivity contribution in [3.05, 3.63) is 12.2 Å². The third-order valence-electron chi connectivity index (χ3n) is 2.25. The minimum absolute atomic E-state index is 0.172. The fourth-order valence-electron chi connectivity index (χ4n) is 1.57. The number of ether oxygens (including phenoxy) is 1. The van der Waals surface area contributed by atoms with Gasteiger partial charge in [-0.3, -0.25) is 4.79 Å². The average molecular weight is 211 g/mol. The molecule has 1 aliphatic rings. The van der Waals surface area contributed by atoms with E-state index in [-0.39, 0.29) is 12.0 Å². The van der Waals surface area contributed by atoms with Crippen LogP contribution in [0.5, 0.6) is 0 Å².